The van der Waals surface area contributed by atoms with E-state index in [1.807, 2.05) is 0 Å². The van der Waals surface area contributed by atoms with Crippen molar-refractivity contribution >= 4 is 6.03 Å². The van der Waals surface area contributed by atoms with Crippen molar-refractivity contribution < 1.29 is 19.4 Å². The molecule has 144 valence electrons. The highest BCUT2D eigenvalue weighted by Crippen LogP contribution is 2.23. The Balaban J connectivity index is 1.71. The summed E-state index contributed by atoms with van der Waals surface area (Å²) in [5, 5.41) is 25.5. The Morgan fingerprint density at radius 2 is 1.85 bits per heavy atom. The lowest BCUT2D eigenvalue weighted by atomic mass is 10.0. The molecule has 6 nitrogen and oxygen atoms in total. The summed E-state index contributed by atoms with van der Waals surface area (Å²) in [7, 11) is 0. The molecule has 1 aliphatic rings. The van der Waals surface area contributed by atoms with Crippen LogP contribution >= 0.6 is 0 Å². The van der Waals surface area contributed by atoms with Gasteiger partial charge in [0, 0.05) is 24.2 Å². The van der Waals surface area contributed by atoms with E-state index in [9.17, 15) is 19.4 Å². The summed E-state index contributed by atoms with van der Waals surface area (Å²) in [6.45, 7) is 2.18. The molecule has 2 amide bonds. The van der Waals surface area contributed by atoms with Gasteiger partial charge in [-0.25, -0.2) is 9.18 Å². The standard InChI is InChI=1S/C20H24FN3O3/c21-16-4-3-15(19(26)11-16)13-24(17-7-9-22-10-8-17)20(27)23-12-14-1-5-18(25)6-2-14/h1-6,11,17,22,25-26H,7-10,12-13H2,(H,23,27). The lowest BCUT2D eigenvalue weighted by Gasteiger charge is -2.35. The molecule has 1 fully saturated rings. The molecule has 1 aliphatic heterocycles. The van der Waals surface area contributed by atoms with Gasteiger partial charge in [0.05, 0.1) is 6.54 Å². The third-order valence-corrected chi connectivity index (χ3v) is 4.78. The van der Waals surface area contributed by atoms with Gasteiger partial charge in [0.25, 0.3) is 0 Å². The van der Waals surface area contributed by atoms with Crippen LogP contribution in [0.25, 0.3) is 0 Å². The number of carbonyl (C=O) groups excluding carboxylic acids is 1. The predicted octanol–water partition coefficient (Wildman–Crippen LogP) is 2.70. The van der Waals surface area contributed by atoms with E-state index in [4.69, 9.17) is 0 Å². The number of piperidine rings is 1. The number of aromatic hydroxyl groups is 2. The van der Waals surface area contributed by atoms with Gasteiger partial charge in [-0.05, 0) is 49.7 Å². The van der Waals surface area contributed by atoms with Crippen molar-refractivity contribution in [3.8, 4) is 11.5 Å². The highest BCUT2D eigenvalue weighted by Gasteiger charge is 2.26. The number of benzene rings is 2. The van der Waals surface area contributed by atoms with Gasteiger partial charge in [-0.2, -0.15) is 0 Å². The number of phenolic OH excluding ortho intramolecular Hbond substituents is 2. The number of rotatable bonds is 5. The first-order valence-corrected chi connectivity index (χ1v) is 9.03. The summed E-state index contributed by atoms with van der Waals surface area (Å²) in [6.07, 6.45) is 1.63. The van der Waals surface area contributed by atoms with Gasteiger partial charge in [0.15, 0.2) is 0 Å². The summed E-state index contributed by atoms with van der Waals surface area (Å²) in [5.41, 5.74) is 1.38. The van der Waals surface area contributed by atoms with E-state index >= 15 is 0 Å². The van der Waals surface area contributed by atoms with Crippen LogP contribution in [-0.4, -0.2) is 40.3 Å². The number of nitrogens with one attached hydrogen (secondary N) is 2. The number of amides is 2. The summed E-state index contributed by atoms with van der Waals surface area (Å²) in [4.78, 5) is 14.6. The van der Waals surface area contributed by atoms with Crippen LogP contribution in [0, 0.1) is 5.82 Å². The van der Waals surface area contributed by atoms with Crippen LogP contribution in [0.15, 0.2) is 42.5 Å². The Labute approximate surface area is 157 Å². The van der Waals surface area contributed by atoms with Crippen LogP contribution in [0.3, 0.4) is 0 Å². The van der Waals surface area contributed by atoms with Crippen molar-refractivity contribution in [1.82, 2.24) is 15.5 Å². The maximum Gasteiger partial charge on any atom is 0.318 e. The highest BCUT2D eigenvalue weighted by atomic mass is 19.1. The lowest BCUT2D eigenvalue weighted by molar-refractivity contribution is 0.153. The van der Waals surface area contributed by atoms with Crippen LogP contribution < -0.4 is 10.6 Å². The molecule has 0 aromatic heterocycles. The van der Waals surface area contributed by atoms with Crippen molar-refractivity contribution in [3.05, 3.63) is 59.4 Å². The molecule has 4 N–H and O–H groups in total. The largest absolute Gasteiger partial charge is 0.508 e. The molecule has 0 radical (unpaired) electrons. The molecular weight excluding hydrogens is 349 g/mol. The minimum Gasteiger partial charge on any atom is -0.508 e. The van der Waals surface area contributed by atoms with Crippen molar-refractivity contribution in [2.24, 2.45) is 0 Å². The zero-order valence-electron chi connectivity index (χ0n) is 15.0. The molecule has 27 heavy (non-hydrogen) atoms. The number of halogens is 1. The number of urea groups is 1. The second-order valence-electron chi connectivity index (χ2n) is 6.71. The van der Waals surface area contributed by atoms with E-state index in [1.165, 1.54) is 12.1 Å². The SMILES string of the molecule is O=C(NCc1ccc(O)cc1)N(Cc1ccc(F)cc1O)C1CCNCC1. The smallest absolute Gasteiger partial charge is 0.318 e. The number of phenols is 2. The highest BCUT2D eigenvalue weighted by molar-refractivity contribution is 5.74. The van der Waals surface area contributed by atoms with Crippen LogP contribution in [0.4, 0.5) is 9.18 Å². The Hall–Kier alpha value is -2.80. The van der Waals surface area contributed by atoms with Gasteiger partial charge in [0.2, 0.25) is 0 Å². The van der Waals surface area contributed by atoms with Gasteiger partial charge in [-0.3, -0.25) is 0 Å². The lowest BCUT2D eigenvalue weighted by Crippen LogP contribution is -2.49. The molecule has 0 saturated carbocycles. The van der Waals surface area contributed by atoms with E-state index in [0.717, 1.165) is 37.6 Å². The van der Waals surface area contributed by atoms with E-state index in [2.05, 4.69) is 10.6 Å². The molecular formula is C20H24FN3O3. The Morgan fingerprint density at radius 3 is 2.52 bits per heavy atom. The van der Waals surface area contributed by atoms with Gasteiger partial charge in [0.1, 0.15) is 17.3 Å². The first-order chi connectivity index (χ1) is 13.0. The third kappa shape index (κ3) is 5.10. The van der Waals surface area contributed by atoms with Crippen LogP contribution in [0.5, 0.6) is 11.5 Å². The maximum absolute atomic E-state index is 13.3. The quantitative estimate of drug-likeness (QED) is 0.649. The molecule has 0 spiro atoms. The molecule has 0 aliphatic carbocycles. The van der Waals surface area contributed by atoms with E-state index < -0.39 is 5.82 Å². The molecule has 2 aromatic carbocycles. The number of nitrogens with zero attached hydrogens (tertiary/aromatic N) is 1. The van der Waals surface area contributed by atoms with E-state index in [1.54, 1.807) is 29.2 Å². The zero-order chi connectivity index (χ0) is 19.2. The molecule has 0 unspecified atom stereocenters. The fraction of sp³-hybridized carbons (Fsp3) is 0.350. The van der Waals surface area contributed by atoms with Crippen molar-refractivity contribution in [2.75, 3.05) is 13.1 Å². The average molecular weight is 373 g/mol. The minimum absolute atomic E-state index is 0.0375. The number of hydrogen-bond donors (Lipinski definition) is 4. The minimum atomic E-state index is -0.513. The molecule has 2 aromatic rings. The summed E-state index contributed by atoms with van der Waals surface area (Å²) in [6, 6.07) is 10.3. The molecule has 1 heterocycles. The number of hydrogen-bond acceptors (Lipinski definition) is 4. The van der Waals surface area contributed by atoms with Gasteiger partial charge in [-0.1, -0.05) is 18.2 Å². The first-order valence-electron chi connectivity index (χ1n) is 9.03. The monoisotopic (exact) mass is 373 g/mol. The van der Waals surface area contributed by atoms with E-state index in [-0.39, 0.29) is 30.1 Å². The Kier molecular flexibility index (Phi) is 6.13. The van der Waals surface area contributed by atoms with E-state index in [0.29, 0.717) is 12.1 Å². The Morgan fingerprint density at radius 1 is 1.15 bits per heavy atom. The average Bonchev–Trinajstić information content (AvgIpc) is 2.67. The van der Waals surface area contributed by atoms with Crippen molar-refractivity contribution in [2.45, 2.75) is 32.0 Å². The molecule has 3 rings (SSSR count). The molecule has 7 heteroatoms. The molecule has 0 atom stereocenters. The molecule has 0 bridgehead atoms. The van der Waals surface area contributed by atoms with Crippen LogP contribution in [0.2, 0.25) is 0 Å². The topological polar surface area (TPSA) is 84.8 Å². The van der Waals surface area contributed by atoms with Gasteiger partial charge >= 0.3 is 6.03 Å². The summed E-state index contributed by atoms with van der Waals surface area (Å²) >= 11 is 0. The summed E-state index contributed by atoms with van der Waals surface area (Å²) in [5.74, 6) is -0.491. The maximum atomic E-state index is 13.3. The fourth-order valence-electron chi connectivity index (χ4n) is 3.23. The normalized spacial score (nSPS) is 14.7. The fourth-order valence-corrected chi connectivity index (χ4v) is 3.23. The van der Waals surface area contributed by atoms with Gasteiger partial charge < -0.3 is 25.7 Å². The number of carbonyl (C=O) groups is 1. The summed E-state index contributed by atoms with van der Waals surface area (Å²) < 4.78 is 13.3. The van der Waals surface area contributed by atoms with Crippen LogP contribution in [-0.2, 0) is 13.1 Å². The van der Waals surface area contributed by atoms with Crippen molar-refractivity contribution in [3.63, 3.8) is 0 Å². The second-order valence-corrected chi connectivity index (χ2v) is 6.71. The second kappa shape index (κ2) is 8.73. The van der Waals surface area contributed by atoms with Gasteiger partial charge in [-0.15, -0.1) is 0 Å². The Bertz CT molecular complexity index is 777. The first kappa shape index (κ1) is 19.0. The predicted molar refractivity (Wildman–Crippen MR) is 99.8 cm³/mol. The third-order valence-electron chi connectivity index (χ3n) is 4.78. The zero-order valence-corrected chi connectivity index (χ0v) is 15.0. The van der Waals surface area contributed by atoms with Crippen LogP contribution in [0.1, 0.15) is 24.0 Å². The molecule has 1 saturated heterocycles. The van der Waals surface area contributed by atoms with Crippen molar-refractivity contribution in [1.29, 1.82) is 0 Å².